The molecule has 33 heavy (non-hydrogen) atoms. The molecule has 184 valence electrons. The predicted octanol–water partition coefficient (Wildman–Crippen LogP) is 6.99. The van der Waals surface area contributed by atoms with E-state index in [4.69, 9.17) is 4.74 Å². The third-order valence-corrected chi connectivity index (χ3v) is 5.06. The molecule has 2 atom stereocenters. The van der Waals surface area contributed by atoms with Crippen molar-refractivity contribution in [1.29, 1.82) is 0 Å². The number of benzene rings is 2. The number of esters is 2. The maximum absolute atomic E-state index is 11.4. The van der Waals surface area contributed by atoms with Gasteiger partial charge >= 0.3 is 11.9 Å². The fourth-order valence-corrected chi connectivity index (χ4v) is 3.16. The summed E-state index contributed by atoms with van der Waals surface area (Å²) in [4.78, 5) is 21.4. The molecule has 0 aliphatic rings. The third-order valence-electron chi connectivity index (χ3n) is 4.69. The maximum Gasteiger partial charge on any atom is 0.319 e. The van der Waals surface area contributed by atoms with Crippen LogP contribution in [-0.2, 0) is 31.9 Å². The lowest BCUT2D eigenvalue weighted by molar-refractivity contribution is -0.142. The molecule has 0 fully saturated rings. The van der Waals surface area contributed by atoms with Gasteiger partial charge in [0.2, 0.25) is 0 Å². The Bertz CT molecular complexity index is 783. The van der Waals surface area contributed by atoms with Crippen LogP contribution in [0, 0.1) is 11.8 Å². The highest BCUT2D eigenvalue weighted by Gasteiger charge is 2.15. The predicted molar refractivity (Wildman–Crippen MR) is 141 cm³/mol. The van der Waals surface area contributed by atoms with Crippen LogP contribution in [0.2, 0.25) is 0 Å². The van der Waals surface area contributed by atoms with Gasteiger partial charge in [-0.2, -0.15) is 0 Å². The second-order valence-corrected chi connectivity index (χ2v) is 10.2. The summed E-state index contributed by atoms with van der Waals surface area (Å²) in [6, 6.07) is 18.8. The maximum atomic E-state index is 11.4. The van der Waals surface area contributed by atoms with E-state index in [0.29, 0.717) is 5.92 Å². The molecule has 0 bridgehead atoms. The summed E-state index contributed by atoms with van der Waals surface area (Å²) in [6.07, 6.45) is 2.27. The van der Waals surface area contributed by atoms with Gasteiger partial charge in [-0.25, -0.2) is 0 Å². The lowest BCUT2D eigenvalue weighted by Crippen LogP contribution is -2.10. The van der Waals surface area contributed by atoms with Gasteiger partial charge in [0.1, 0.15) is 4.83 Å². The van der Waals surface area contributed by atoms with Gasteiger partial charge in [0, 0.05) is 0 Å². The van der Waals surface area contributed by atoms with Crippen molar-refractivity contribution in [3.05, 3.63) is 71.3 Å². The van der Waals surface area contributed by atoms with E-state index in [2.05, 4.69) is 90.8 Å². The van der Waals surface area contributed by atoms with Gasteiger partial charge in [0.25, 0.3) is 0 Å². The summed E-state index contributed by atoms with van der Waals surface area (Å²) in [6.45, 7) is 12.5. The Balaban J connectivity index is 0.000000514. The Morgan fingerprint density at radius 3 is 1.45 bits per heavy atom. The molecular weight excluding hydrogens is 480 g/mol. The van der Waals surface area contributed by atoms with E-state index >= 15 is 0 Å². The molecule has 0 aliphatic heterocycles. The summed E-state index contributed by atoms with van der Waals surface area (Å²) in [5.74, 6) is 0.820. The highest BCUT2D eigenvalue weighted by atomic mass is 79.9. The van der Waals surface area contributed by atoms with Gasteiger partial charge in [-0.15, -0.1) is 0 Å². The third kappa shape index (κ3) is 14.6. The zero-order chi connectivity index (χ0) is 25.4. The lowest BCUT2D eigenvalue weighted by Gasteiger charge is -2.11. The Hall–Kier alpha value is -2.14. The number of methoxy groups -OCH3 is 2. The van der Waals surface area contributed by atoms with E-state index in [-0.39, 0.29) is 22.7 Å². The molecule has 2 unspecified atom stereocenters. The standard InChI is InChI=1S/C14H20O2.C10H14.C4H7BrO2/c1-10(2)9-12-5-7-13(8-6-12)11(3)14(15)16-4;1-9(2)8-10-6-4-3-5-7-10;1-3(5)4(6)7-2/h5-8,10-11H,9H2,1-4H3;3-7,9H,8H2,1-2H3;3H,1-2H3. The normalized spacial score (nSPS) is 12.0. The Morgan fingerprint density at radius 1 is 0.697 bits per heavy atom. The number of hydrogen-bond acceptors (Lipinski definition) is 4. The number of halogens is 1. The van der Waals surface area contributed by atoms with Gasteiger partial charge in [-0.05, 0) is 55.2 Å². The minimum Gasteiger partial charge on any atom is -0.469 e. The summed E-state index contributed by atoms with van der Waals surface area (Å²) in [5.41, 5.74) is 3.77. The summed E-state index contributed by atoms with van der Waals surface area (Å²) in [7, 11) is 2.78. The van der Waals surface area contributed by atoms with Gasteiger partial charge in [0.05, 0.1) is 20.1 Å². The Labute approximate surface area is 209 Å². The first-order valence-electron chi connectivity index (χ1n) is 11.4. The molecule has 5 heteroatoms. The fourth-order valence-electron chi connectivity index (χ4n) is 2.97. The number of carbonyl (C=O) groups is 2. The minimum absolute atomic E-state index is 0.182. The molecule has 0 radical (unpaired) electrons. The monoisotopic (exact) mass is 520 g/mol. The Morgan fingerprint density at radius 2 is 1.12 bits per heavy atom. The van der Waals surface area contributed by atoms with Crippen molar-refractivity contribution in [3.63, 3.8) is 0 Å². The second kappa shape index (κ2) is 17.4. The van der Waals surface area contributed by atoms with Gasteiger partial charge in [-0.1, -0.05) is 98.2 Å². The van der Waals surface area contributed by atoms with Crippen LogP contribution in [0.5, 0.6) is 0 Å². The van der Waals surface area contributed by atoms with Crippen molar-refractivity contribution in [2.24, 2.45) is 11.8 Å². The van der Waals surface area contributed by atoms with Crippen LogP contribution in [0.25, 0.3) is 0 Å². The minimum atomic E-state index is -0.236. The van der Waals surface area contributed by atoms with Gasteiger partial charge in [-0.3, -0.25) is 9.59 Å². The first-order valence-corrected chi connectivity index (χ1v) is 12.4. The van der Waals surface area contributed by atoms with Crippen molar-refractivity contribution >= 4 is 27.9 Å². The lowest BCUT2D eigenvalue weighted by atomic mass is 9.97. The average Bonchev–Trinajstić information content (AvgIpc) is 2.78. The molecule has 2 rings (SSSR count). The molecule has 0 saturated carbocycles. The summed E-state index contributed by atoms with van der Waals surface area (Å²) in [5, 5.41) is 0. The molecule has 0 N–H and O–H groups in total. The van der Waals surface area contributed by atoms with Crippen molar-refractivity contribution in [1.82, 2.24) is 0 Å². The average molecular weight is 522 g/mol. The summed E-state index contributed by atoms with van der Waals surface area (Å²) >= 11 is 3.03. The van der Waals surface area contributed by atoms with Crippen LogP contribution in [-0.4, -0.2) is 31.0 Å². The SMILES string of the molecule is CC(C)Cc1ccccc1.COC(=O)C(C)Br.COC(=O)C(C)c1ccc(CC(C)C)cc1. The van der Waals surface area contributed by atoms with Crippen LogP contribution in [0.15, 0.2) is 54.6 Å². The van der Waals surface area contributed by atoms with Crippen LogP contribution in [0.3, 0.4) is 0 Å². The largest absolute Gasteiger partial charge is 0.469 e. The first kappa shape index (κ1) is 30.9. The topological polar surface area (TPSA) is 52.6 Å². The van der Waals surface area contributed by atoms with Crippen molar-refractivity contribution in [3.8, 4) is 0 Å². The van der Waals surface area contributed by atoms with Crippen molar-refractivity contribution < 1.29 is 19.1 Å². The molecular formula is C28H41BrO4. The molecule has 4 nitrogen and oxygen atoms in total. The van der Waals surface area contributed by atoms with Crippen LogP contribution in [0.1, 0.15) is 64.2 Å². The Kier molecular flexibility index (Phi) is 16.2. The van der Waals surface area contributed by atoms with E-state index in [9.17, 15) is 9.59 Å². The van der Waals surface area contributed by atoms with E-state index in [1.54, 1.807) is 6.92 Å². The van der Waals surface area contributed by atoms with Gasteiger partial charge < -0.3 is 9.47 Å². The zero-order valence-corrected chi connectivity index (χ0v) is 23.0. The molecule has 2 aromatic rings. The number of alkyl halides is 1. The number of hydrogen-bond donors (Lipinski definition) is 0. The molecule has 2 aromatic carbocycles. The quantitative estimate of drug-likeness (QED) is 0.291. The van der Waals surface area contributed by atoms with E-state index in [1.165, 1.54) is 31.8 Å². The highest BCUT2D eigenvalue weighted by Crippen LogP contribution is 2.18. The number of carbonyl (C=O) groups excluding carboxylic acids is 2. The number of ether oxygens (including phenoxy) is 2. The van der Waals surface area contributed by atoms with Crippen LogP contribution < -0.4 is 0 Å². The highest BCUT2D eigenvalue weighted by molar-refractivity contribution is 9.10. The molecule has 0 saturated heterocycles. The zero-order valence-electron chi connectivity index (χ0n) is 21.4. The molecule has 0 spiro atoms. The molecule has 0 aliphatic carbocycles. The van der Waals surface area contributed by atoms with E-state index < -0.39 is 0 Å². The van der Waals surface area contributed by atoms with Crippen molar-refractivity contribution in [2.75, 3.05) is 14.2 Å². The second-order valence-electron chi connectivity index (χ2n) is 8.81. The van der Waals surface area contributed by atoms with Crippen LogP contribution >= 0.6 is 15.9 Å². The summed E-state index contributed by atoms with van der Waals surface area (Å²) < 4.78 is 9.05. The fraction of sp³-hybridized carbons (Fsp3) is 0.500. The first-order chi connectivity index (χ1) is 15.5. The molecule has 0 heterocycles. The van der Waals surface area contributed by atoms with Crippen LogP contribution in [0.4, 0.5) is 0 Å². The van der Waals surface area contributed by atoms with E-state index in [1.807, 2.05) is 19.1 Å². The van der Waals surface area contributed by atoms with Crippen molar-refractivity contribution in [2.45, 2.75) is 65.1 Å². The molecule has 0 aromatic heterocycles. The van der Waals surface area contributed by atoms with E-state index in [0.717, 1.165) is 17.9 Å². The van der Waals surface area contributed by atoms with Gasteiger partial charge in [0.15, 0.2) is 0 Å². The number of rotatable bonds is 7. The molecule has 0 amide bonds. The smallest absolute Gasteiger partial charge is 0.319 e.